The van der Waals surface area contributed by atoms with Crippen molar-refractivity contribution < 1.29 is 14.3 Å². The normalized spacial score (nSPS) is 15.6. The maximum Gasteiger partial charge on any atom is 0.255 e. The predicted octanol–water partition coefficient (Wildman–Crippen LogP) is 3.22. The molecule has 1 fully saturated rings. The van der Waals surface area contributed by atoms with Crippen LogP contribution >= 0.6 is 11.6 Å². The number of rotatable bonds is 7. The molecule has 1 aliphatic heterocycles. The van der Waals surface area contributed by atoms with E-state index < -0.39 is 0 Å². The molecule has 1 saturated heterocycles. The van der Waals surface area contributed by atoms with E-state index in [1.807, 2.05) is 14.1 Å². The largest absolute Gasteiger partial charge is 0.496 e. The Morgan fingerprint density at radius 1 is 1.21 bits per heavy atom. The van der Waals surface area contributed by atoms with Crippen LogP contribution in [-0.4, -0.2) is 64.9 Å². The number of anilines is 1. The van der Waals surface area contributed by atoms with Crippen LogP contribution in [0.3, 0.4) is 0 Å². The second-order valence-corrected chi connectivity index (χ2v) is 7.64. The minimum Gasteiger partial charge on any atom is -0.496 e. The molecule has 29 heavy (non-hydrogen) atoms. The number of benzene rings is 2. The first-order valence-electron chi connectivity index (χ1n) is 9.70. The molecule has 0 spiro atoms. The molecule has 0 unspecified atom stereocenters. The first-order valence-corrected chi connectivity index (χ1v) is 10.1. The molecule has 3 rings (SSSR count). The van der Waals surface area contributed by atoms with Gasteiger partial charge in [0.05, 0.1) is 31.9 Å². The molecule has 0 saturated carbocycles. The number of carbonyl (C=O) groups excluding carboxylic acids is 1. The van der Waals surface area contributed by atoms with E-state index in [0.717, 1.165) is 24.3 Å². The minimum atomic E-state index is -0.201. The Morgan fingerprint density at radius 3 is 2.52 bits per heavy atom. The van der Waals surface area contributed by atoms with Crippen molar-refractivity contribution in [1.82, 2.24) is 10.2 Å². The molecule has 0 aliphatic carbocycles. The first-order chi connectivity index (χ1) is 14.0. The Balaban J connectivity index is 1.78. The molecule has 1 amide bonds. The van der Waals surface area contributed by atoms with Crippen molar-refractivity contribution in [2.45, 2.75) is 6.04 Å². The molecule has 156 valence electrons. The Hall–Kier alpha value is -2.28. The van der Waals surface area contributed by atoms with E-state index in [9.17, 15) is 4.79 Å². The molecule has 2 aromatic carbocycles. The van der Waals surface area contributed by atoms with Crippen LogP contribution in [-0.2, 0) is 4.74 Å². The van der Waals surface area contributed by atoms with Crippen molar-refractivity contribution in [3.05, 3.63) is 58.6 Å². The average Bonchev–Trinajstić information content (AvgIpc) is 2.74. The van der Waals surface area contributed by atoms with Gasteiger partial charge in [-0.3, -0.25) is 9.69 Å². The average molecular weight is 418 g/mol. The number of amides is 1. The van der Waals surface area contributed by atoms with Crippen molar-refractivity contribution >= 4 is 23.2 Å². The highest BCUT2D eigenvalue weighted by Crippen LogP contribution is 2.25. The van der Waals surface area contributed by atoms with Gasteiger partial charge in [-0.2, -0.15) is 0 Å². The van der Waals surface area contributed by atoms with E-state index in [-0.39, 0.29) is 11.9 Å². The third kappa shape index (κ3) is 5.41. The number of hydrogen-bond donors (Lipinski definition) is 1. The van der Waals surface area contributed by atoms with Gasteiger partial charge in [-0.15, -0.1) is 0 Å². The van der Waals surface area contributed by atoms with Crippen LogP contribution in [0.5, 0.6) is 5.75 Å². The van der Waals surface area contributed by atoms with Crippen molar-refractivity contribution in [2.24, 2.45) is 0 Å². The maximum absolute atomic E-state index is 12.8. The molecule has 1 N–H and O–H groups in total. The lowest BCUT2D eigenvalue weighted by atomic mass is 10.0. The molecule has 0 bridgehead atoms. The summed E-state index contributed by atoms with van der Waals surface area (Å²) in [5.74, 6) is 0.303. The Bertz CT molecular complexity index is 821. The number of nitrogens with zero attached hydrogens (tertiary/aromatic N) is 2. The van der Waals surface area contributed by atoms with Gasteiger partial charge in [-0.05, 0) is 35.9 Å². The van der Waals surface area contributed by atoms with Crippen LogP contribution in [0.25, 0.3) is 0 Å². The SMILES string of the molecule is COc1ccc(Cl)cc1C(=O)NC[C@H](c1ccc(N(C)C)cc1)N1CCOCC1. The topological polar surface area (TPSA) is 54.0 Å². The third-order valence-electron chi connectivity index (χ3n) is 5.14. The van der Waals surface area contributed by atoms with Crippen molar-refractivity contribution in [3.8, 4) is 5.75 Å². The minimum absolute atomic E-state index is 0.0595. The van der Waals surface area contributed by atoms with E-state index in [0.29, 0.717) is 36.1 Å². The van der Waals surface area contributed by atoms with E-state index in [2.05, 4.69) is 39.4 Å². The summed E-state index contributed by atoms with van der Waals surface area (Å²) in [7, 11) is 5.59. The first kappa shape index (κ1) is 21.4. The van der Waals surface area contributed by atoms with Gasteiger partial charge in [-0.25, -0.2) is 0 Å². The quantitative estimate of drug-likeness (QED) is 0.749. The molecule has 0 radical (unpaired) electrons. The molecule has 1 atom stereocenters. The predicted molar refractivity (Wildman–Crippen MR) is 116 cm³/mol. The zero-order valence-corrected chi connectivity index (χ0v) is 17.9. The highest BCUT2D eigenvalue weighted by atomic mass is 35.5. The molecule has 7 heteroatoms. The number of morpholine rings is 1. The fraction of sp³-hybridized carbons (Fsp3) is 0.409. The van der Waals surface area contributed by atoms with Crippen LogP contribution in [0, 0.1) is 0 Å². The number of hydrogen-bond acceptors (Lipinski definition) is 5. The second kappa shape index (κ2) is 9.96. The molecule has 6 nitrogen and oxygen atoms in total. The maximum atomic E-state index is 12.8. The van der Waals surface area contributed by atoms with E-state index in [4.69, 9.17) is 21.1 Å². The number of methoxy groups -OCH3 is 1. The zero-order valence-electron chi connectivity index (χ0n) is 17.2. The summed E-state index contributed by atoms with van der Waals surface area (Å²) in [5, 5.41) is 3.56. The summed E-state index contributed by atoms with van der Waals surface area (Å²) >= 11 is 6.08. The molecule has 2 aromatic rings. The zero-order chi connectivity index (χ0) is 20.8. The summed E-state index contributed by atoms with van der Waals surface area (Å²) in [6, 6.07) is 13.6. The number of nitrogens with one attached hydrogen (secondary N) is 1. The van der Waals surface area contributed by atoms with Crippen LogP contribution in [0.2, 0.25) is 5.02 Å². The lowest BCUT2D eigenvalue weighted by molar-refractivity contribution is 0.0162. The van der Waals surface area contributed by atoms with Gasteiger partial charge in [0.1, 0.15) is 5.75 Å². The lowest BCUT2D eigenvalue weighted by Crippen LogP contribution is -2.43. The lowest BCUT2D eigenvalue weighted by Gasteiger charge is -2.35. The second-order valence-electron chi connectivity index (χ2n) is 7.20. The Kier molecular flexibility index (Phi) is 7.36. The van der Waals surface area contributed by atoms with E-state index in [1.54, 1.807) is 25.3 Å². The van der Waals surface area contributed by atoms with E-state index >= 15 is 0 Å². The monoisotopic (exact) mass is 417 g/mol. The molecular formula is C22H28ClN3O3. The van der Waals surface area contributed by atoms with Crippen LogP contribution < -0.4 is 15.0 Å². The number of ether oxygens (including phenoxy) is 2. The van der Waals surface area contributed by atoms with Gasteiger partial charge in [0.2, 0.25) is 0 Å². The van der Waals surface area contributed by atoms with Gasteiger partial charge in [0, 0.05) is 44.4 Å². The molecule has 0 aromatic heterocycles. The third-order valence-corrected chi connectivity index (χ3v) is 5.38. The summed E-state index contributed by atoms with van der Waals surface area (Å²) in [6.45, 7) is 3.54. The highest BCUT2D eigenvalue weighted by Gasteiger charge is 2.24. The Labute approximate surface area is 177 Å². The molecular weight excluding hydrogens is 390 g/mol. The van der Waals surface area contributed by atoms with Gasteiger partial charge in [0.15, 0.2) is 0 Å². The molecule has 1 aliphatic rings. The van der Waals surface area contributed by atoms with Gasteiger partial charge in [-0.1, -0.05) is 23.7 Å². The van der Waals surface area contributed by atoms with Crippen LogP contribution in [0.15, 0.2) is 42.5 Å². The molecule has 1 heterocycles. The smallest absolute Gasteiger partial charge is 0.255 e. The van der Waals surface area contributed by atoms with Crippen LogP contribution in [0.4, 0.5) is 5.69 Å². The summed E-state index contributed by atoms with van der Waals surface area (Å²) < 4.78 is 10.8. The summed E-state index contributed by atoms with van der Waals surface area (Å²) in [4.78, 5) is 17.3. The standard InChI is InChI=1S/C22H28ClN3O3/c1-25(2)18-7-4-16(5-8-18)20(26-10-12-29-13-11-26)15-24-22(27)19-14-17(23)6-9-21(19)28-3/h4-9,14,20H,10-13,15H2,1-3H3,(H,24,27)/t20-/m1/s1. The fourth-order valence-corrected chi connectivity index (χ4v) is 3.66. The van der Waals surface area contributed by atoms with Crippen molar-refractivity contribution in [2.75, 3.05) is 59.0 Å². The van der Waals surface area contributed by atoms with E-state index in [1.165, 1.54) is 0 Å². The van der Waals surface area contributed by atoms with Gasteiger partial charge in [0.25, 0.3) is 5.91 Å². The van der Waals surface area contributed by atoms with Gasteiger partial charge < -0.3 is 19.7 Å². The summed E-state index contributed by atoms with van der Waals surface area (Å²) in [6.07, 6.45) is 0. The number of carbonyl (C=O) groups is 1. The van der Waals surface area contributed by atoms with Gasteiger partial charge >= 0.3 is 0 Å². The van der Waals surface area contributed by atoms with Crippen molar-refractivity contribution in [3.63, 3.8) is 0 Å². The Morgan fingerprint density at radius 2 is 1.90 bits per heavy atom. The fourth-order valence-electron chi connectivity index (χ4n) is 3.48. The number of halogens is 1. The highest BCUT2D eigenvalue weighted by molar-refractivity contribution is 6.31. The summed E-state index contributed by atoms with van der Waals surface area (Å²) in [5.41, 5.74) is 2.74. The van der Waals surface area contributed by atoms with Crippen LogP contribution in [0.1, 0.15) is 22.0 Å². The van der Waals surface area contributed by atoms with Crippen molar-refractivity contribution in [1.29, 1.82) is 0 Å².